The first-order valence-electron chi connectivity index (χ1n) is 12.6. The van der Waals surface area contributed by atoms with Gasteiger partial charge in [0.25, 0.3) is 5.91 Å². The van der Waals surface area contributed by atoms with Crippen molar-refractivity contribution in [1.29, 1.82) is 0 Å². The average molecular weight is 517 g/mol. The Labute approximate surface area is 221 Å². The number of amides is 2. The monoisotopic (exact) mass is 516 g/mol. The van der Waals surface area contributed by atoms with E-state index in [9.17, 15) is 14.0 Å². The van der Waals surface area contributed by atoms with Gasteiger partial charge >= 0.3 is 0 Å². The van der Waals surface area contributed by atoms with Gasteiger partial charge in [-0.2, -0.15) is 0 Å². The number of carbonyl (C=O) groups excluding carboxylic acids is 2. The van der Waals surface area contributed by atoms with Crippen LogP contribution in [-0.4, -0.2) is 44.3 Å². The van der Waals surface area contributed by atoms with Crippen molar-refractivity contribution >= 4 is 28.7 Å². The molecule has 8 nitrogen and oxygen atoms in total. The third-order valence-electron chi connectivity index (χ3n) is 6.78. The second kappa shape index (κ2) is 10.3. The van der Waals surface area contributed by atoms with Crippen LogP contribution in [0, 0.1) is 23.6 Å². The van der Waals surface area contributed by atoms with Gasteiger partial charge in [-0.25, -0.2) is 14.4 Å². The molecule has 4 rings (SSSR count). The molecule has 2 atom stereocenters. The van der Waals surface area contributed by atoms with Gasteiger partial charge in [0.2, 0.25) is 5.91 Å². The number of H-pyrrole nitrogens is 1. The molecule has 0 saturated carbocycles. The number of rotatable bonds is 5. The quantitative estimate of drug-likeness (QED) is 0.346. The van der Waals surface area contributed by atoms with Crippen molar-refractivity contribution in [2.45, 2.75) is 58.5 Å². The lowest BCUT2D eigenvalue weighted by Gasteiger charge is -2.27. The molecule has 0 aliphatic carbocycles. The van der Waals surface area contributed by atoms with Gasteiger partial charge in [-0.15, -0.1) is 0 Å². The van der Waals surface area contributed by atoms with Gasteiger partial charge in [-0.05, 0) is 45.3 Å². The maximum absolute atomic E-state index is 14.6. The van der Waals surface area contributed by atoms with E-state index in [0.717, 1.165) is 0 Å². The molecule has 1 fully saturated rings. The zero-order valence-corrected chi connectivity index (χ0v) is 22.4. The predicted molar refractivity (Wildman–Crippen MR) is 146 cm³/mol. The molecule has 38 heavy (non-hydrogen) atoms. The molecule has 0 radical (unpaired) electrons. The highest BCUT2D eigenvalue weighted by Gasteiger charge is 2.35. The summed E-state index contributed by atoms with van der Waals surface area (Å²) in [5.74, 6) is 5.65. The summed E-state index contributed by atoms with van der Waals surface area (Å²) in [6.45, 7) is 13.3. The van der Waals surface area contributed by atoms with Crippen molar-refractivity contribution in [3.63, 3.8) is 0 Å². The van der Waals surface area contributed by atoms with Crippen molar-refractivity contribution in [3.05, 3.63) is 65.4 Å². The molecule has 2 aromatic heterocycles. The number of halogens is 1. The van der Waals surface area contributed by atoms with Crippen LogP contribution in [0.25, 0.3) is 11.0 Å². The molecule has 4 N–H and O–H groups in total. The van der Waals surface area contributed by atoms with E-state index in [1.807, 2.05) is 20.8 Å². The summed E-state index contributed by atoms with van der Waals surface area (Å²) in [5.41, 5.74) is 6.71. The summed E-state index contributed by atoms with van der Waals surface area (Å²) >= 11 is 0. The summed E-state index contributed by atoms with van der Waals surface area (Å²) in [7, 11) is 0. The van der Waals surface area contributed by atoms with Gasteiger partial charge in [0.1, 0.15) is 28.8 Å². The highest BCUT2D eigenvalue weighted by atomic mass is 19.1. The lowest BCUT2D eigenvalue weighted by molar-refractivity contribution is -0.126. The molecule has 0 unspecified atom stereocenters. The minimum Gasteiger partial charge on any atom is -0.383 e. The number of aromatic nitrogens is 3. The number of hydrogen-bond donors (Lipinski definition) is 3. The maximum atomic E-state index is 14.6. The molecule has 3 aromatic rings. The summed E-state index contributed by atoms with van der Waals surface area (Å²) in [6, 6.07) is 6.32. The van der Waals surface area contributed by atoms with Crippen LogP contribution in [0.15, 0.2) is 36.9 Å². The normalized spacial score (nSPS) is 17.4. The standard InChI is InChI=1S/C29H33FN6O2/c1-7-22(37)36-15-18(14-17(36)4)26-33-25(31)24-23(21(13-12-16(2)3)32-27(24)34-26)28(38)35-29(5,6)19-10-8-9-11-20(19)30/h7-11,16-18H,1,14-15H2,2-6H3,(H,35,38)(H3,31,32,33,34)/t17-,18+/m0/s1. The second-order valence-electron chi connectivity index (χ2n) is 10.5. The Morgan fingerprint density at radius 2 is 2.03 bits per heavy atom. The fraction of sp³-hybridized carbons (Fsp3) is 0.379. The van der Waals surface area contributed by atoms with Crippen LogP contribution in [0.4, 0.5) is 10.2 Å². The molecule has 0 spiro atoms. The van der Waals surface area contributed by atoms with E-state index in [1.54, 1.807) is 36.9 Å². The SMILES string of the molecule is C=CC(=O)N1C[C@H](c2nc(N)c3c(C(=O)NC(C)(C)c4ccccc4F)c(C#CC(C)C)[nH]c3n2)C[C@@H]1C. The number of likely N-dealkylation sites (tertiary alicyclic amines) is 1. The molecule has 1 saturated heterocycles. The predicted octanol–water partition coefficient (Wildman–Crippen LogP) is 4.24. The number of nitrogens with two attached hydrogens (primary N) is 1. The van der Waals surface area contributed by atoms with Crippen molar-refractivity contribution in [1.82, 2.24) is 25.2 Å². The van der Waals surface area contributed by atoms with Crippen LogP contribution < -0.4 is 11.1 Å². The van der Waals surface area contributed by atoms with E-state index in [1.165, 1.54) is 12.1 Å². The number of nitrogens with zero attached hydrogens (tertiary/aromatic N) is 3. The smallest absolute Gasteiger partial charge is 0.255 e. The number of nitrogen functional groups attached to an aromatic ring is 1. The largest absolute Gasteiger partial charge is 0.383 e. The summed E-state index contributed by atoms with van der Waals surface area (Å²) in [5, 5.41) is 3.29. The minimum atomic E-state index is -1.02. The molecule has 1 aromatic carbocycles. The van der Waals surface area contributed by atoms with E-state index in [2.05, 4.69) is 33.7 Å². The van der Waals surface area contributed by atoms with Crippen LogP contribution in [-0.2, 0) is 10.3 Å². The summed E-state index contributed by atoms with van der Waals surface area (Å²) in [4.78, 5) is 40.1. The van der Waals surface area contributed by atoms with E-state index >= 15 is 0 Å². The fourth-order valence-corrected chi connectivity index (χ4v) is 4.88. The third kappa shape index (κ3) is 5.12. The maximum Gasteiger partial charge on any atom is 0.255 e. The van der Waals surface area contributed by atoms with E-state index < -0.39 is 17.3 Å². The number of benzene rings is 1. The molecular weight excluding hydrogens is 483 g/mol. The number of carbonyl (C=O) groups is 2. The highest BCUT2D eigenvalue weighted by molar-refractivity contribution is 6.11. The first-order valence-corrected chi connectivity index (χ1v) is 12.6. The molecular formula is C29H33FN6O2. The van der Waals surface area contributed by atoms with E-state index in [4.69, 9.17) is 10.7 Å². The number of aromatic amines is 1. The third-order valence-corrected chi connectivity index (χ3v) is 6.78. The van der Waals surface area contributed by atoms with Crippen molar-refractivity contribution in [2.75, 3.05) is 12.3 Å². The zero-order valence-electron chi connectivity index (χ0n) is 22.4. The van der Waals surface area contributed by atoms with Crippen molar-refractivity contribution in [3.8, 4) is 11.8 Å². The number of hydrogen-bond acceptors (Lipinski definition) is 5. The highest BCUT2D eigenvalue weighted by Crippen LogP contribution is 2.34. The van der Waals surface area contributed by atoms with Gasteiger partial charge in [0, 0.05) is 30.0 Å². The van der Waals surface area contributed by atoms with Crippen LogP contribution >= 0.6 is 0 Å². The van der Waals surface area contributed by atoms with Crippen LogP contribution in [0.1, 0.15) is 74.4 Å². The van der Waals surface area contributed by atoms with Gasteiger partial charge in [0.15, 0.2) is 0 Å². The lowest BCUT2D eigenvalue weighted by atomic mass is 9.93. The Morgan fingerprint density at radius 3 is 2.68 bits per heavy atom. The lowest BCUT2D eigenvalue weighted by Crippen LogP contribution is -2.41. The summed E-state index contributed by atoms with van der Waals surface area (Å²) < 4.78 is 14.6. The first kappa shape index (κ1) is 26.9. The van der Waals surface area contributed by atoms with Gasteiger partial charge in [0.05, 0.1) is 16.5 Å². The van der Waals surface area contributed by atoms with Gasteiger partial charge in [-0.3, -0.25) is 9.59 Å². The number of nitrogens with one attached hydrogen (secondary N) is 2. The Bertz CT molecular complexity index is 1480. The topological polar surface area (TPSA) is 117 Å². The Kier molecular flexibility index (Phi) is 7.27. The second-order valence-corrected chi connectivity index (χ2v) is 10.5. The minimum absolute atomic E-state index is 0.00378. The van der Waals surface area contributed by atoms with Crippen LogP contribution in [0.2, 0.25) is 0 Å². The molecule has 3 heterocycles. The summed E-state index contributed by atoms with van der Waals surface area (Å²) in [6.07, 6.45) is 1.98. The average Bonchev–Trinajstić information content (AvgIpc) is 3.43. The number of anilines is 1. The molecule has 1 aliphatic heterocycles. The molecule has 0 bridgehead atoms. The molecule has 198 valence electrons. The van der Waals surface area contributed by atoms with Crippen molar-refractivity contribution in [2.24, 2.45) is 5.92 Å². The van der Waals surface area contributed by atoms with E-state index in [-0.39, 0.29) is 35.2 Å². The molecule has 1 aliphatic rings. The Balaban J connectivity index is 1.77. The van der Waals surface area contributed by atoms with Crippen molar-refractivity contribution < 1.29 is 14.0 Å². The van der Waals surface area contributed by atoms with Gasteiger partial charge in [-0.1, -0.05) is 44.5 Å². The number of fused-ring (bicyclic) bond motifs is 1. The van der Waals surface area contributed by atoms with Gasteiger partial charge < -0.3 is 20.9 Å². The molecule has 2 amide bonds. The van der Waals surface area contributed by atoms with Crippen LogP contribution in [0.3, 0.4) is 0 Å². The van der Waals surface area contributed by atoms with Crippen LogP contribution in [0.5, 0.6) is 0 Å². The Morgan fingerprint density at radius 1 is 1.32 bits per heavy atom. The zero-order chi connectivity index (χ0) is 27.8. The fourth-order valence-electron chi connectivity index (χ4n) is 4.88. The first-order chi connectivity index (χ1) is 17.9. The van der Waals surface area contributed by atoms with E-state index in [0.29, 0.717) is 41.1 Å². The Hall–Kier alpha value is -4.19. The molecule has 9 heteroatoms.